The molecule has 150 valence electrons. The fraction of sp³-hybridized carbons (Fsp3) is 0.115. The van der Waals surface area contributed by atoms with Crippen molar-refractivity contribution in [2.75, 3.05) is 10.6 Å². The highest BCUT2D eigenvalue weighted by molar-refractivity contribution is 5.91. The fourth-order valence-electron chi connectivity index (χ4n) is 3.47. The molecule has 0 bridgehead atoms. The van der Waals surface area contributed by atoms with Gasteiger partial charge in [0.1, 0.15) is 5.76 Å². The Kier molecular flexibility index (Phi) is 6.25. The molecule has 2 N–H and O–H groups in total. The van der Waals surface area contributed by atoms with Gasteiger partial charge < -0.3 is 15.1 Å². The smallest absolute Gasteiger partial charge is 0.225 e. The molecule has 4 nitrogen and oxygen atoms in total. The third kappa shape index (κ3) is 5.17. The fourth-order valence-corrected chi connectivity index (χ4v) is 3.47. The number of benzene rings is 3. The Bertz CT molecular complexity index is 1000. The molecular weight excluding hydrogens is 372 g/mol. The summed E-state index contributed by atoms with van der Waals surface area (Å²) in [5.41, 5.74) is 4.02. The van der Waals surface area contributed by atoms with Crippen molar-refractivity contribution < 1.29 is 9.21 Å². The third-order valence-corrected chi connectivity index (χ3v) is 5.01. The van der Waals surface area contributed by atoms with Crippen LogP contribution in [0, 0.1) is 0 Å². The second-order valence-electron chi connectivity index (χ2n) is 7.14. The van der Waals surface area contributed by atoms with Crippen LogP contribution >= 0.6 is 0 Å². The predicted molar refractivity (Wildman–Crippen MR) is 120 cm³/mol. The monoisotopic (exact) mass is 396 g/mol. The van der Waals surface area contributed by atoms with Crippen LogP contribution in [-0.4, -0.2) is 5.91 Å². The zero-order valence-corrected chi connectivity index (χ0v) is 16.6. The Morgan fingerprint density at radius 2 is 1.33 bits per heavy atom. The molecule has 1 aromatic heterocycles. The number of nitrogens with one attached hydrogen (secondary N) is 2. The molecule has 4 heteroatoms. The van der Waals surface area contributed by atoms with Crippen molar-refractivity contribution in [3.63, 3.8) is 0 Å². The average Bonchev–Trinajstić information content (AvgIpc) is 3.32. The molecule has 0 aliphatic heterocycles. The Balaban J connectivity index is 1.39. The molecule has 0 unspecified atom stereocenters. The van der Waals surface area contributed by atoms with E-state index >= 15 is 0 Å². The second kappa shape index (κ2) is 9.61. The van der Waals surface area contributed by atoms with E-state index in [4.69, 9.17) is 4.42 Å². The molecule has 0 aliphatic carbocycles. The van der Waals surface area contributed by atoms with Crippen molar-refractivity contribution in [3.8, 4) is 0 Å². The van der Waals surface area contributed by atoms with Gasteiger partial charge in [-0.05, 0) is 47.5 Å². The zero-order chi connectivity index (χ0) is 20.6. The summed E-state index contributed by atoms with van der Waals surface area (Å²) >= 11 is 0. The molecular formula is C26H24N2O2. The van der Waals surface area contributed by atoms with Gasteiger partial charge in [-0.2, -0.15) is 0 Å². The number of carbonyl (C=O) groups is 1. The van der Waals surface area contributed by atoms with E-state index in [2.05, 4.69) is 34.9 Å². The van der Waals surface area contributed by atoms with E-state index in [0.717, 1.165) is 28.3 Å². The first-order chi connectivity index (χ1) is 14.8. The lowest BCUT2D eigenvalue weighted by Gasteiger charge is -2.18. The topological polar surface area (TPSA) is 54.3 Å². The number of hydrogen-bond donors (Lipinski definition) is 2. The molecule has 0 saturated carbocycles. The quantitative estimate of drug-likeness (QED) is 0.381. The number of carbonyl (C=O) groups excluding carboxylic acids is 1. The maximum absolute atomic E-state index is 12.8. The molecule has 3 aromatic carbocycles. The van der Waals surface area contributed by atoms with E-state index in [-0.39, 0.29) is 11.8 Å². The highest BCUT2D eigenvalue weighted by atomic mass is 16.3. The number of furan rings is 1. The van der Waals surface area contributed by atoms with Gasteiger partial charge in [-0.25, -0.2) is 0 Å². The van der Waals surface area contributed by atoms with Crippen molar-refractivity contribution >= 4 is 17.3 Å². The van der Waals surface area contributed by atoms with Crippen LogP contribution in [0.1, 0.15) is 29.2 Å². The lowest BCUT2D eigenvalue weighted by atomic mass is 9.88. The normalized spacial score (nSPS) is 10.7. The minimum atomic E-state index is -0.0102. The van der Waals surface area contributed by atoms with Crippen molar-refractivity contribution in [1.82, 2.24) is 0 Å². The minimum Gasteiger partial charge on any atom is -0.467 e. The van der Waals surface area contributed by atoms with E-state index in [0.29, 0.717) is 13.0 Å². The van der Waals surface area contributed by atoms with Gasteiger partial charge in [0.05, 0.1) is 12.8 Å². The van der Waals surface area contributed by atoms with Gasteiger partial charge in [-0.3, -0.25) is 4.79 Å². The third-order valence-electron chi connectivity index (χ3n) is 5.01. The minimum absolute atomic E-state index is 0.0102. The first-order valence-corrected chi connectivity index (χ1v) is 10.0. The largest absolute Gasteiger partial charge is 0.467 e. The Labute approximate surface area is 176 Å². The summed E-state index contributed by atoms with van der Waals surface area (Å²) in [7, 11) is 0. The molecule has 0 saturated heterocycles. The molecule has 30 heavy (non-hydrogen) atoms. The second-order valence-corrected chi connectivity index (χ2v) is 7.14. The molecule has 0 aliphatic rings. The predicted octanol–water partition coefficient (Wildman–Crippen LogP) is 6.05. The number of rotatable bonds is 8. The zero-order valence-electron chi connectivity index (χ0n) is 16.6. The molecule has 4 aromatic rings. The maximum Gasteiger partial charge on any atom is 0.225 e. The van der Waals surface area contributed by atoms with Crippen LogP contribution in [0.25, 0.3) is 0 Å². The van der Waals surface area contributed by atoms with Crippen molar-refractivity contribution in [2.45, 2.75) is 18.9 Å². The summed E-state index contributed by atoms with van der Waals surface area (Å²) in [5, 5.41) is 6.32. The maximum atomic E-state index is 12.8. The Hall–Kier alpha value is -3.79. The summed E-state index contributed by atoms with van der Waals surface area (Å²) in [6.07, 6.45) is 2.04. The summed E-state index contributed by atoms with van der Waals surface area (Å²) in [4.78, 5) is 12.8. The van der Waals surface area contributed by atoms with Crippen LogP contribution in [0.3, 0.4) is 0 Å². The van der Waals surface area contributed by atoms with Crippen LogP contribution in [-0.2, 0) is 11.3 Å². The van der Waals surface area contributed by atoms with Gasteiger partial charge in [-0.15, -0.1) is 0 Å². The number of amides is 1. The highest BCUT2D eigenvalue weighted by Crippen LogP contribution is 2.28. The summed E-state index contributed by atoms with van der Waals surface area (Å²) in [6.45, 7) is 0.620. The number of anilines is 2. The highest BCUT2D eigenvalue weighted by Gasteiger charge is 2.18. The van der Waals surface area contributed by atoms with Gasteiger partial charge in [0.15, 0.2) is 0 Å². The molecule has 1 heterocycles. The van der Waals surface area contributed by atoms with E-state index in [1.165, 1.54) is 0 Å². The van der Waals surface area contributed by atoms with Crippen LogP contribution in [0.4, 0.5) is 11.4 Å². The standard InChI is InChI=1S/C26H24N2O2/c29-26(18-25(20-8-3-1-4-9-20)21-10-5-2-6-11-21)28-23-15-13-22(14-16-23)27-19-24-12-7-17-30-24/h1-17,25,27H,18-19H2,(H,28,29). The van der Waals surface area contributed by atoms with Crippen molar-refractivity contribution in [1.29, 1.82) is 0 Å². The van der Waals surface area contributed by atoms with Gasteiger partial charge >= 0.3 is 0 Å². The van der Waals surface area contributed by atoms with Crippen LogP contribution < -0.4 is 10.6 Å². The lowest BCUT2D eigenvalue weighted by Crippen LogP contribution is -2.16. The van der Waals surface area contributed by atoms with Crippen molar-refractivity contribution in [3.05, 3.63) is 120 Å². The van der Waals surface area contributed by atoms with E-state index in [1.54, 1.807) is 6.26 Å². The first-order valence-electron chi connectivity index (χ1n) is 10.0. The van der Waals surface area contributed by atoms with E-state index in [9.17, 15) is 4.79 Å². The molecule has 0 fully saturated rings. The molecule has 0 spiro atoms. The average molecular weight is 396 g/mol. The Morgan fingerprint density at radius 3 is 1.90 bits per heavy atom. The lowest BCUT2D eigenvalue weighted by molar-refractivity contribution is -0.116. The van der Waals surface area contributed by atoms with Gasteiger partial charge in [-0.1, -0.05) is 60.7 Å². The SMILES string of the molecule is O=C(CC(c1ccccc1)c1ccccc1)Nc1ccc(NCc2ccco2)cc1. The van der Waals surface area contributed by atoms with Gasteiger partial charge in [0, 0.05) is 23.7 Å². The first kappa shape index (κ1) is 19.5. The van der Waals surface area contributed by atoms with Gasteiger partial charge in [0.25, 0.3) is 0 Å². The summed E-state index contributed by atoms with van der Waals surface area (Å²) in [6, 6.07) is 31.8. The molecule has 1 amide bonds. The Morgan fingerprint density at radius 1 is 0.733 bits per heavy atom. The van der Waals surface area contributed by atoms with Crippen LogP contribution in [0.2, 0.25) is 0 Å². The summed E-state index contributed by atoms with van der Waals surface area (Å²) in [5.74, 6) is 0.880. The van der Waals surface area contributed by atoms with Crippen molar-refractivity contribution in [2.24, 2.45) is 0 Å². The van der Waals surface area contributed by atoms with Crippen LogP contribution in [0.15, 0.2) is 108 Å². The van der Waals surface area contributed by atoms with E-state index < -0.39 is 0 Å². The molecule has 0 radical (unpaired) electrons. The van der Waals surface area contributed by atoms with Crippen LogP contribution in [0.5, 0.6) is 0 Å². The van der Waals surface area contributed by atoms with Gasteiger partial charge in [0.2, 0.25) is 5.91 Å². The van der Waals surface area contributed by atoms with E-state index in [1.807, 2.05) is 72.8 Å². The molecule has 0 atom stereocenters. The molecule has 4 rings (SSSR count). The summed E-state index contributed by atoms with van der Waals surface area (Å²) < 4.78 is 5.32. The number of hydrogen-bond acceptors (Lipinski definition) is 3.